The van der Waals surface area contributed by atoms with Crippen LogP contribution in [0.15, 0.2) is 53.6 Å². The minimum atomic E-state index is -4.00. The number of methoxy groups -OCH3 is 1. The van der Waals surface area contributed by atoms with Gasteiger partial charge < -0.3 is 10.1 Å². The molecular weight excluding hydrogens is 524 g/mol. The van der Waals surface area contributed by atoms with E-state index in [2.05, 4.69) is 32.1 Å². The predicted octanol–water partition coefficient (Wildman–Crippen LogP) is 5.86. The van der Waals surface area contributed by atoms with Gasteiger partial charge in [0.15, 0.2) is 5.75 Å². The summed E-state index contributed by atoms with van der Waals surface area (Å²) in [5.41, 5.74) is 3.28. The molecule has 2 heterocycles. The summed E-state index contributed by atoms with van der Waals surface area (Å²) in [6, 6.07) is 12.2. The molecule has 1 aliphatic rings. The van der Waals surface area contributed by atoms with Crippen molar-refractivity contribution in [2.75, 3.05) is 17.1 Å². The smallest absolute Gasteiger partial charge is 0.264 e. The zero-order valence-electron chi connectivity index (χ0n) is 21.2. The fourth-order valence-corrected chi connectivity index (χ4v) is 6.25. The van der Waals surface area contributed by atoms with Crippen molar-refractivity contribution in [1.29, 1.82) is 0 Å². The van der Waals surface area contributed by atoms with E-state index in [1.165, 1.54) is 38.5 Å². The van der Waals surface area contributed by atoms with Gasteiger partial charge in [-0.3, -0.25) is 4.72 Å². The molecule has 1 fully saturated rings. The first-order valence-electron chi connectivity index (χ1n) is 12.6. The number of aromatic nitrogens is 4. The lowest BCUT2D eigenvalue weighted by Gasteiger charge is -2.22. The van der Waals surface area contributed by atoms with Crippen molar-refractivity contribution in [2.45, 2.75) is 56.4 Å². The van der Waals surface area contributed by atoms with Gasteiger partial charge >= 0.3 is 0 Å². The van der Waals surface area contributed by atoms with Crippen LogP contribution in [0, 0.1) is 0 Å². The highest BCUT2D eigenvalue weighted by atomic mass is 35.5. The molecule has 0 saturated heterocycles. The standard InChI is InChI=1S/C27H29ClN6O3S/c1-3-17-13-18(14-19-16-29-27(31-25(17)19)30-20-9-5-4-6-10-20)22-15-23(37-2)26(33-32-22)34-38(35,36)24-12-8-7-11-21(24)28/h7-8,11-16,20H,3-6,9-10H2,1-2H3,(H,33,34)(H,29,30,31). The van der Waals surface area contributed by atoms with Crippen LogP contribution in [-0.4, -0.2) is 41.7 Å². The van der Waals surface area contributed by atoms with E-state index in [1.807, 2.05) is 18.3 Å². The first kappa shape index (κ1) is 26.1. The number of nitrogens with one attached hydrogen (secondary N) is 2. The van der Waals surface area contributed by atoms with Crippen LogP contribution in [0.1, 0.15) is 44.6 Å². The lowest BCUT2D eigenvalue weighted by atomic mass is 9.96. The number of sulfonamides is 1. The van der Waals surface area contributed by atoms with E-state index in [4.69, 9.17) is 21.3 Å². The van der Waals surface area contributed by atoms with Crippen LogP contribution in [0.2, 0.25) is 5.02 Å². The van der Waals surface area contributed by atoms with E-state index in [0.717, 1.165) is 41.3 Å². The van der Waals surface area contributed by atoms with E-state index in [9.17, 15) is 8.42 Å². The molecule has 0 bridgehead atoms. The molecule has 0 spiro atoms. The van der Waals surface area contributed by atoms with Gasteiger partial charge in [-0.1, -0.05) is 49.9 Å². The van der Waals surface area contributed by atoms with Crippen molar-refractivity contribution in [3.63, 3.8) is 0 Å². The Morgan fingerprint density at radius 1 is 1.08 bits per heavy atom. The van der Waals surface area contributed by atoms with Crippen molar-refractivity contribution < 1.29 is 13.2 Å². The summed E-state index contributed by atoms with van der Waals surface area (Å²) in [5.74, 6) is 0.852. The van der Waals surface area contributed by atoms with Gasteiger partial charge in [0.05, 0.1) is 23.3 Å². The van der Waals surface area contributed by atoms with E-state index in [1.54, 1.807) is 18.2 Å². The monoisotopic (exact) mass is 552 g/mol. The SMILES string of the molecule is CCc1cc(-c2cc(OC)c(NS(=O)(=O)c3ccccc3Cl)nn2)cc2cnc(NC3CCCCC3)nc12. The minimum absolute atomic E-state index is 0.0329. The first-order chi connectivity index (χ1) is 18.4. The molecule has 2 aromatic carbocycles. The Kier molecular flexibility index (Phi) is 7.62. The third-order valence-electron chi connectivity index (χ3n) is 6.71. The molecule has 0 amide bonds. The Balaban J connectivity index is 1.45. The van der Waals surface area contributed by atoms with Gasteiger partial charge in [0.2, 0.25) is 11.8 Å². The number of aryl methyl sites for hydroxylation is 1. The Morgan fingerprint density at radius 2 is 1.87 bits per heavy atom. The van der Waals surface area contributed by atoms with Crippen LogP contribution >= 0.6 is 11.6 Å². The summed E-state index contributed by atoms with van der Waals surface area (Å²) >= 11 is 6.09. The lowest BCUT2D eigenvalue weighted by Crippen LogP contribution is -2.23. The maximum atomic E-state index is 12.9. The van der Waals surface area contributed by atoms with Crippen molar-refractivity contribution >= 4 is 44.3 Å². The van der Waals surface area contributed by atoms with Crippen LogP contribution in [0.5, 0.6) is 5.75 Å². The highest BCUT2D eigenvalue weighted by Gasteiger charge is 2.22. The summed E-state index contributed by atoms with van der Waals surface area (Å²) < 4.78 is 33.7. The van der Waals surface area contributed by atoms with Gasteiger partial charge in [0, 0.05) is 29.3 Å². The number of benzene rings is 2. The largest absolute Gasteiger partial charge is 0.493 e. The molecule has 5 rings (SSSR count). The molecule has 4 aromatic rings. The van der Waals surface area contributed by atoms with Gasteiger partial charge in [-0.05, 0) is 49.1 Å². The number of anilines is 2. The molecule has 198 valence electrons. The van der Waals surface area contributed by atoms with Crippen LogP contribution < -0.4 is 14.8 Å². The second kappa shape index (κ2) is 11.1. The molecule has 0 radical (unpaired) electrons. The summed E-state index contributed by atoms with van der Waals surface area (Å²) in [6.45, 7) is 2.08. The molecule has 1 aliphatic carbocycles. The van der Waals surface area contributed by atoms with E-state index >= 15 is 0 Å². The fraction of sp³-hybridized carbons (Fsp3) is 0.333. The minimum Gasteiger partial charge on any atom is -0.493 e. The summed E-state index contributed by atoms with van der Waals surface area (Å²) in [5, 5.41) is 12.9. The van der Waals surface area contributed by atoms with Crippen LogP contribution in [0.4, 0.5) is 11.8 Å². The topological polar surface area (TPSA) is 119 Å². The number of hydrogen-bond acceptors (Lipinski definition) is 8. The predicted molar refractivity (Wildman–Crippen MR) is 149 cm³/mol. The second-order valence-electron chi connectivity index (χ2n) is 9.28. The Bertz CT molecular complexity index is 1570. The highest BCUT2D eigenvalue weighted by Crippen LogP contribution is 2.32. The number of rotatable bonds is 8. The maximum absolute atomic E-state index is 12.9. The van der Waals surface area contributed by atoms with E-state index in [-0.39, 0.29) is 21.5 Å². The Labute approximate surface area is 227 Å². The van der Waals surface area contributed by atoms with Crippen LogP contribution in [0.25, 0.3) is 22.2 Å². The van der Waals surface area contributed by atoms with Gasteiger partial charge in [0.25, 0.3) is 10.0 Å². The average Bonchev–Trinajstić information content (AvgIpc) is 2.93. The van der Waals surface area contributed by atoms with Gasteiger partial charge in [-0.15, -0.1) is 10.2 Å². The molecule has 0 aliphatic heterocycles. The molecule has 1 saturated carbocycles. The highest BCUT2D eigenvalue weighted by molar-refractivity contribution is 7.92. The molecule has 0 atom stereocenters. The van der Waals surface area contributed by atoms with Gasteiger partial charge in [-0.2, -0.15) is 0 Å². The maximum Gasteiger partial charge on any atom is 0.264 e. The molecule has 2 N–H and O–H groups in total. The van der Waals surface area contributed by atoms with Crippen molar-refractivity contribution in [1.82, 2.24) is 20.2 Å². The number of hydrogen-bond donors (Lipinski definition) is 2. The Hall–Kier alpha value is -3.50. The zero-order valence-corrected chi connectivity index (χ0v) is 22.8. The van der Waals surface area contributed by atoms with E-state index in [0.29, 0.717) is 17.7 Å². The summed E-state index contributed by atoms with van der Waals surface area (Å²) in [6.07, 6.45) is 8.65. The van der Waals surface area contributed by atoms with Gasteiger partial charge in [-0.25, -0.2) is 18.4 Å². The van der Waals surface area contributed by atoms with Gasteiger partial charge in [0.1, 0.15) is 4.90 Å². The number of halogens is 1. The Morgan fingerprint density at radius 3 is 2.61 bits per heavy atom. The number of fused-ring (bicyclic) bond motifs is 1. The molecule has 38 heavy (non-hydrogen) atoms. The lowest BCUT2D eigenvalue weighted by molar-refractivity contribution is 0.414. The quantitative estimate of drug-likeness (QED) is 0.279. The zero-order chi connectivity index (χ0) is 26.7. The third kappa shape index (κ3) is 5.51. The number of nitrogens with zero attached hydrogens (tertiary/aromatic N) is 4. The van der Waals surface area contributed by atoms with Crippen LogP contribution in [-0.2, 0) is 16.4 Å². The molecule has 9 nitrogen and oxygen atoms in total. The summed E-state index contributed by atoms with van der Waals surface area (Å²) in [7, 11) is -2.55. The summed E-state index contributed by atoms with van der Waals surface area (Å²) in [4.78, 5) is 9.33. The molecule has 2 aromatic heterocycles. The average molecular weight is 553 g/mol. The first-order valence-corrected chi connectivity index (χ1v) is 14.5. The van der Waals surface area contributed by atoms with Crippen molar-refractivity contribution in [3.05, 3.63) is 59.2 Å². The van der Waals surface area contributed by atoms with Crippen LogP contribution in [0.3, 0.4) is 0 Å². The molecule has 0 unspecified atom stereocenters. The van der Waals surface area contributed by atoms with Crippen molar-refractivity contribution in [3.8, 4) is 17.0 Å². The fourth-order valence-electron chi connectivity index (χ4n) is 4.72. The number of ether oxygens (including phenoxy) is 1. The molecule has 11 heteroatoms. The van der Waals surface area contributed by atoms with E-state index < -0.39 is 10.0 Å². The third-order valence-corrected chi connectivity index (χ3v) is 8.55. The molecular formula is C27H29ClN6O3S. The van der Waals surface area contributed by atoms with Crippen molar-refractivity contribution in [2.24, 2.45) is 0 Å². The second-order valence-corrected chi connectivity index (χ2v) is 11.3. The normalized spacial score (nSPS) is 14.4.